The van der Waals surface area contributed by atoms with Crippen molar-refractivity contribution in [2.24, 2.45) is 0 Å². The fourth-order valence-corrected chi connectivity index (χ4v) is 2.36. The molecule has 1 amide bonds. The number of halogens is 3. The minimum Gasteiger partial charge on any atom is -0.475 e. The van der Waals surface area contributed by atoms with Crippen molar-refractivity contribution in [3.8, 4) is 5.69 Å². The number of alkyl halides is 3. The second-order valence-corrected chi connectivity index (χ2v) is 6.41. The summed E-state index contributed by atoms with van der Waals surface area (Å²) in [6, 6.07) is 7.65. The van der Waals surface area contributed by atoms with Gasteiger partial charge in [0.1, 0.15) is 0 Å². The first-order valence-corrected chi connectivity index (χ1v) is 8.65. The van der Waals surface area contributed by atoms with E-state index in [1.165, 1.54) is 0 Å². The quantitative estimate of drug-likeness (QED) is 0.594. The number of nitrogens with zero attached hydrogens (tertiary/aromatic N) is 3. The van der Waals surface area contributed by atoms with Crippen LogP contribution in [0, 0.1) is 27.7 Å². The van der Waals surface area contributed by atoms with E-state index in [9.17, 15) is 18.0 Å². The van der Waals surface area contributed by atoms with Crippen molar-refractivity contribution in [3.05, 3.63) is 58.9 Å². The summed E-state index contributed by atoms with van der Waals surface area (Å²) < 4.78 is 33.8. The van der Waals surface area contributed by atoms with Crippen LogP contribution in [0.5, 0.6) is 0 Å². The highest BCUT2D eigenvalue weighted by Gasteiger charge is 2.38. The van der Waals surface area contributed by atoms with Gasteiger partial charge in [-0.15, -0.1) is 0 Å². The second-order valence-electron chi connectivity index (χ2n) is 6.41. The number of carbonyl (C=O) groups excluding carboxylic acids is 1. The van der Waals surface area contributed by atoms with Crippen LogP contribution in [-0.4, -0.2) is 42.9 Å². The lowest BCUT2D eigenvalue weighted by atomic mass is 10.2. The first-order chi connectivity index (χ1) is 13.9. The molecule has 0 aliphatic heterocycles. The third kappa shape index (κ3) is 5.25. The molecule has 3 rings (SSSR count). The lowest BCUT2D eigenvalue weighted by Crippen LogP contribution is -2.21. The van der Waals surface area contributed by atoms with E-state index in [0.717, 1.165) is 34.0 Å². The van der Waals surface area contributed by atoms with E-state index in [1.54, 1.807) is 6.33 Å². The lowest BCUT2D eigenvalue weighted by Gasteiger charge is -2.08. The van der Waals surface area contributed by atoms with Gasteiger partial charge in [-0.05, 0) is 52.0 Å². The average Bonchev–Trinajstić information content (AvgIpc) is 3.18. The predicted molar refractivity (Wildman–Crippen MR) is 103 cm³/mol. The third-order valence-corrected chi connectivity index (χ3v) is 4.37. The number of amides is 1. The number of carboxylic acid groups (broad SMARTS) is 1. The number of imidazole rings is 1. The molecule has 8 nitrogen and oxygen atoms in total. The molecule has 2 aromatic heterocycles. The molecule has 0 radical (unpaired) electrons. The van der Waals surface area contributed by atoms with Crippen molar-refractivity contribution in [3.63, 3.8) is 0 Å². The van der Waals surface area contributed by atoms with E-state index < -0.39 is 12.1 Å². The maximum atomic E-state index is 12.3. The van der Waals surface area contributed by atoms with Gasteiger partial charge in [-0.25, -0.2) is 9.78 Å². The molecule has 3 aromatic rings. The molecule has 3 N–H and O–H groups in total. The van der Waals surface area contributed by atoms with Gasteiger partial charge in [0.05, 0.1) is 12.0 Å². The van der Waals surface area contributed by atoms with Gasteiger partial charge < -0.3 is 15.0 Å². The summed E-state index contributed by atoms with van der Waals surface area (Å²) in [6.45, 7) is 7.78. The molecule has 0 unspecified atom stereocenters. The van der Waals surface area contributed by atoms with Gasteiger partial charge in [-0.3, -0.25) is 9.89 Å². The van der Waals surface area contributed by atoms with Crippen molar-refractivity contribution < 1.29 is 27.9 Å². The molecule has 2 heterocycles. The summed E-state index contributed by atoms with van der Waals surface area (Å²) in [4.78, 5) is 25.4. The number of nitrogens with one attached hydrogen (secondary N) is 2. The van der Waals surface area contributed by atoms with E-state index >= 15 is 0 Å². The number of H-pyrrole nitrogens is 1. The van der Waals surface area contributed by atoms with Gasteiger partial charge in [0.15, 0.2) is 5.69 Å². The highest BCUT2D eigenvalue weighted by molar-refractivity contribution is 6.03. The number of hydrogen-bond acceptors (Lipinski definition) is 4. The largest absolute Gasteiger partial charge is 0.490 e. The van der Waals surface area contributed by atoms with Gasteiger partial charge in [-0.2, -0.15) is 18.3 Å². The topological polar surface area (TPSA) is 113 Å². The van der Waals surface area contributed by atoms with Gasteiger partial charge in [-0.1, -0.05) is 0 Å². The molecule has 0 bridgehead atoms. The Hall–Kier alpha value is -3.63. The van der Waals surface area contributed by atoms with E-state index in [4.69, 9.17) is 9.90 Å². The van der Waals surface area contributed by atoms with E-state index in [-0.39, 0.29) is 5.91 Å². The van der Waals surface area contributed by atoms with Crippen molar-refractivity contribution in [2.45, 2.75) is 33.9 Å². The van der Waals surface area contributed by atoms with Crippen LogP contribution in [0.25, 0.3) is 5.69 Å². The molecule has 0 saturated carbocycles. The summed E-state index contributed by atoms with van der Waals surface area (Å²) in [5.41, 5.74) is 6.03. The predicted octanol–water partition coefficient (Wildman–Crippen LogP) is 3.71. The molecule has 0 aliphatic carbocycles. The number of aliphatic carboxylic acids is 1. The minimum atomic E-state index is -5.08. The van der Waals surface area contributed by atoms with Crippen LogP contribution < -0.4 is 5.32 Å². The Kier molecular flexibility index (Phi) is 6.65. The first kappa shape index (κ1) is 22.7. The molecule has 1 aromatic carbocycles. The molecule has 0 atom stereocenters. The number of rotatable bonds is 3. The number of hydrogen-bond donors (Lipinski definition) is 3. The van der Waals surface area contributed by atoms with E-state index in [2.05, 4.69) is 20.5 Å². The Morgan fingerprint density at radius 2 is 1.67 bits per heavy atom. The number of anilines is 1. The van der Waals surface area contributed by atoms with Gasteiger partial charge in [0.2, 0.25) is 0 Å². The van der Waals surface area contributed by atoms with Crippen LogP contribution in [0.2, 0.25) is 0 Å². The van der Waals surface area contributed by atoms with Crippen LogP contribution in [0.4, 0.5) is 18.9 Å². The Bertz CT molecular complexity index is 1050. The van der Waals surface area contributed by atoms with Crippen molar-refractivity contribution in [2.75, 3.05) is 5.32 Å². The number of benzene rings is 1. The fraction of sp³-hybridized carbons (Fsp3) is 0.263. The van der Waals surface area contributed by atoms with E-state index in [1.807, 2.05) is 56.5 Å². The summed E-state index contributed by atoms with van der Waals surface area (Å²) in [7, 11) is 0. The fourth-order valence-electron chi connectivity index (χ4n) is 2.36. The third-order valence-electron chi connectivity index (χ3n) is 4.37. The number of aromatic nitrogens is 4. The standard InChI is InChI=1S/C17H19N5O.C2HF3O2/c1-10-11(2)20-21-16(10)17(23)19-14-5-7-15(8-6-14)22-9-18-12(3)13(22)4;3-2(4,5)1(6)7/h5-9H,1-4H3,(H,19,23)(H,20,21);(H,6,7). The number of carbonyl (C=O) groups is 2. The molecule has 0 saturated heterocycles. The van der Waals surface area contributed by atoms with Gasteiger partial charge in [0.25, 0.3) is 5.91 Å². The Labute approximate surface area is 169 Å². The van der Waals surface area contributed by atoms with Gasteiger partial charge >= 0.3 is 12.1 Å². The normalized spacial score (nSPS) is 10.9. The summed E-state index contributed by atoms with van der Waals surface area (Å²) in [5, 5.41) is 16.9. The average molecular weight is 423 g/mol. The van der Waals surface area contributed by atoms with Crippen LogP contribution >= 0.6 is 0 Å². The molecular weight excluding hydrogens is 403 g/mol. The molecule has 0 spiro atoms. The maximum absolute atomic E-state index is 12.3. The minimum absolute atomic E-state index is 0.214. The number of aromatic amines is 1. The molecule has 0 aliphatic rings. The SMILES string of the molecule is Cc1ncn(-c2ccc(NC(=O)c3n[nH]c(C)c3C)cc2)c1C.O=C(O)C(F)(F)F. The summed E-state index contributed by atoms with van der Waals surface area (Å²) in [5.74, 6) is -2.97. The van der Waals surface area contributed by atoms with E-state index in [0.29, 0.717) is 5.69 Å². The van der Waals surface area contributed by atoms with Crippen molar-refractivity contribution in [1.29, 1.82) is 0 Å². The summed E-state index contributed by atoms with van der Waals surface area (Å²) >= 11 is 0. The summed E-state index contributed by atoms with van der Waals surface area (Å²) in [6.07, 6.45) is -3.28. The molecule has 11 heteroatoms. The number of aryl methyl sites for hydroxylation is 2. The number of carboxylic acids is 1. The Morgan fingerprint density at radius 1 is 1.10 bits per heavy atom. The zero-order valence-electron chi connectivity index (χ0n) is 16.6. The molecule has 30 heavy (non-hydrogen) atoms. The van der Waals surface area contributed by atoms with Crippen LogP contribution in [0.1, 0.15) is 33.1 Å². The highest BCUT2D eigenvalue weighted by Crippen LogP contribution is 2.18. The lowest BCUT2D eigenvalue weighted by molar-refractivity contribution is -0.192. The molecule has 160 valence electrons. The van der Waals surface area contributed by atoms with Crippen LogP contribution in [0.3, 0.4) is 0 Å². The zero-order valence-corrected chi connectivity index (χ0v) is 16.6. The Balaban J connectivity index is 0.000000396. The smallest absolute Gasteiger partial charge is 0.475 e. The second kappa shape index (κ2) is 8.80. The first-order valence-electron chi connectivity index (χ1n) is 8.65. The van der Waals surface area contributed by atoms with Gasteiger partial charge in [0, 0.05) is 28.3 Å². The zero-order chi connectivity index (χ0) is 22.6. The maximum Gasteiger partial charge on any atom is 0.490 e. The monoisotopic (exact) mass is 423 g/mol. The van der Waals surface area contributed by atoms with Crippen molar-refractivity contribution in [1.82, 2.24) is 19.7 Å². The highest BCUT2D eigenvalue weighted by atomic mass is 19.4. The molecular formula is C19H20F3N5O3. The Morgan fingerprint density at radius 3 is 2.07 bits per heavy atom. The molecule has 0 fully saturated rings. The van der Waals surface area contributed by atoms with Crippen molar-refractivity contribution >= 4 is 17.6 Å². The van der Waals surface area contributed by atoms with Crippen LogP contribution in [0.15, 0.2) is 30.6 Å². The van der Waals surface area contributed by atoms with Crippen LogP contribution in [-0.2, 0) is 4.79 Å².